The van der Waals surface area contributed by atoms with Gasteiger partial charge in [0.2, 0.25) is 0 Å². The summed E-state index contributed by atoms with van der Waals surface area (Å²) in [7, 11) is 5.28. The van der Waals surface area contributed by atoms with E-state index in [2.05, 4.69) is 36.3 Å². The van der Waals surface area contributed by atoms with E-state index in [1.54, 1.807) is 0 Å². The molecule has 0 radical (unpaired) electrons. The molecule has 0 bridgehead atoms. The molecule has 0 aromatic carbocycles. The lowest BCUT2D eigenvalue weighted by Crippen LogP contribution is -2.67. The lowest BCUT2D eigenvalue weighted by Gasteiger charge is -2.46. The lowest BCUT2D eigenvalue weighted by atomic mass is 10.1. The van der Waals surface area contributed by atoms with E-state index in [1.165, 1.54) is 22.7 Å². The standard InChI is InChI=1S/C10H27N3Si/c1-6-9(3)13(7-2)10(8-14,11-4)12-5/h9,11-12H,6-8H2,1-5,14H3. The van der Waals surface area contributed by atoms with Gasteiger partial charge in [0.15, 0.2) is 0 Å². The van der Waals surface area contributed by atoms with Gasteiger partial charge in [0, 0.05) is 16.3 Å². The number of nitrogens with zero attached hydrogens (tertiary/aromatic N) is 1. The second kappa shape index (κ2) is 6.56. The summed E-state index contributed by atoms with van der Waals surface area (Å²) >= 11 is 0. The van der Waals surface area contributed by atoms with Crippen molar-refractivity contribution >= 4 is 10.2 Å². The van der Waals surface area contributed by atoms with E-state index in [0.29, 0.717) is 6.04 Å². The third-order valence-electron chi connectivity index (χ3n) is 3.29. The van der Waals surface area contributed by atoms with Crippen LogP contribution in [-0.4, -0.2) is 47.6 Å². The van der Waals surface area contributed by atoms with Crippen molar-refractivity contribution in [3.63, 3.8) is 0 Å². The topological polar surface area (TPSA) is 27.3 Å². The molecule has 4 heteroatoms. The van der Waals surface area contributed by atoms with Gasteiger partial charge in [-0.05, 0) is 40.0 Å². The Labute approximate surface area is 92.1 Å². The molecule has 0 aliphatic carbocycles. The molecule has 0 spiro atoms. The van der Waals surface area contributed by atoms with E-state index in [9.17, 15) is 0 Å². The molecular formula is C10H27N3Si. The second-order valence-electron chi connectivity index (χ2n) is 3.76. The molecule has 0 saturated heterocycles. The zero-order valence-corrected chi connectivity index (χ0v) is 12.6. The summed E-state index contributed by atoms with van der Waals surface area (Å²) < 4.78 is 0. The average molecular weight is 217 g/mol. The summed E-state index contributed by atoms with van der Waals surface area (Å²) in [5, 5.41) is 6.86. The van der Waals surface area contributed by atoms with Crippen LogP contribution < -0.4 is 10.6 Å². The van der Waals surface area contributed by atoms with Gasteiger partial charge in [0.05, 0.1) is 0 Å². The highest BCUT2D eigenvalue weighted by Crippen LogP contribution is 2.17. The molecular weight excluding hydrogens is 190 g/mol. The minimum Gasteiger partial charge on any atom is -0.290 e. The molecule has 0 aliphatic heterocycles. The van der Waals surface area contributed by atoms with Crippen LogP contribution in [0.1, 0.15) is 27.2 Å². The van der Waals surface area contributed by atoms with Crippen molar-refractivity contribution in [3.05, 3.63) is 0 Å². The predicted octanol–water partition coefficient (Wildman–Crippen LogP) is -0.0169. The van der Waals surface area contributed by atoms with Gasteiger partial charge in [-0.2, -0.15) is 0 Å². The number of rotatable bonds is 7. The minimum absolute atomic E-state index is 0.0103. The minimum atomic E-state index is 0.0103. The van der Waals surface area contributed by atoms with Gasteiger partial charge < -0.3 is 0 Å². The first-order valence-corrected chi connectivity index (χ1v) is 7.17. The van der Waals surface area contributed by atoms with Gasteiger partial charge in [-0.15, -0.1) is 0 Å². The summed E-state index contributed by atoms with van der Waals surface area (Å²) in [4.78, 5) is 2.51. The Hall–Kier alpha value is 0.0969. The largest absolute Gasteiger partial charge is 0.290 e. The van der Waals surface area contributed by atoms with Crippen molar-refractivity contribution in [2.75, 3.05) is 20.6 Å². The quantitative estimate of drug-likeness (QED) is 0.464. The van der Waals surface area contributed by atoms with Crippen LogP contribution in [0.15, 0.2) is 0 Å². The maximum Gasteiger partial charge on any atom is 0.122 e. The lowest BCUT2D eigenvalue weighted by molar-refractivity contribution is 0.0226. The highest BCUT2D eigenvalue weighted by Gasteiger charge is 2.32. The number of hydrogen-bond donors (Lipinski definition) is 2. The van der Waals surface area contributed by atoms with Gasteiger partial charge in [0.1, 0.15) is 5.79 Å². The molecule has 0 fully saturated rings. The third-order valence-corrected chi connectivity index (χ3v) is 4.32. The van der Waals surface area contributed by atoms with Crippen LogP contribution >= 0.6 is 0 Å². The summed E-state index contributed by atoms with van der Waals surface area (Å²) in [6.45, 7) is 7.85. The maximum atomic E-state index is 3.43. The predicted molar refractivity (Wildman–Crippen MR) is 67.7 cm³/mol. The first kappa shape index (κ1) is 14.1. The van der Waals surface area contributed by atoms with E-state index >= 15 is 0 Å². The zero-order valence-electron chi connectivity index (χ0n) is 10.6. The molecule has 0 aromatic rings. The van der Waals surface area contributed by atoms with Crippen LogP contribution in [0.5, 0.6) is 0 Å². The normalized spacial score (nSPS) is 15.0. The molecule has 0 aliphatic rings. The van der Waals surface area contributed by atoms with Gasteiger partial charge in [-0.1, -0.05) is 13.8 Å². The second-order valence-corrected chi connectivity index (χ2v) is 4.46. The van der Waals surface area contributed by atoms with Gasteiger partial charge in [-0.25, -0.2) is 0 Å². The average Bonchev–Trinajstić information content (AvgIpc) is 2.25. The van der Waals surface area contributed by atoms with E-state index in [0.717, 1.165) is 6.54 Å². The van der Waals surface area contributed by atoms with Crippen molar-refractivity contribution in [2.45, 2.75) is 45.1 Å². The molecule has 0 aromatic heterocycles. The molecule has 2 N–H and O–H groups in total. The summed E-state index contributed by atoms with van der Waals surface area (Å²) in [6, 6.07) is 1.81. The summed E-state index contributed by atoms with van der Waals surface area (Å²) in [6.07, 6.45) is 1.19. The highest BCUT2D eigenvalue weighted by atomic mass is 28.1. The summed E-state index contributed by atoms with van der Waals surface area (Å²) in [5.74, 6) is 0.0103. The van der Waals surface area contributed by atoms with E-state index in [1.807, 2.05) is 14.1 Å². The Morgan fingerprint density at radius 1 is 1.29 bits per heavy atom. The van der Waals surface area contributed by atoms with Crippen LogP contribution in [0.25, 0.3) is 0 Å². The third kappa shape index (κ3) is 2.79. The molecule has 0 rings (SSSR count). The van der Waals surface area contributed by atoms with Crippen molar-refractivity contribution in [3.8, 4) is 0 Å². The van der Waals surface area contributed by atoms with Crippen LogP contribution in [0.4, 0.5) is 0 Å². The van der Waals surface area contributed by atoms with Crippen LogP contribution in [-0.2, 0) is 0 Å². The Balaban J connectivity index is 4.73. The summed E-state index contributed by atoms with van der Waals surface area (Å²) in [5.41, 5.74) is 0. The van der Waals surface area contributed by atoms with Gasteiger partial charge in [-0.3, -0.25) is 15.5 Å². The molecule has 0 heterocycles. The van der Waals surface area contributed by atoms with Crippen LogP contribution in [0, 0.1) is 0 Å². The van der Waals surface area contributed by atoms with Crippen molar-refractivity contribution in [1.82, 2.24) is 15.5 Å². The highest BCUT2D eigenvalue weighted by molar-refractivity contribution is 6.09. The van der Waals surface area contributed by atoms with Crippen LogP contribution in [0.3, 0.4) is 0 Å². The van der Waals surface area contributed by atoms with Crippen molar-refractivity contribution < 1.29 is 0 Å². The van der Waals surface area contributed by atoms with Gasteiger partial charge >= 0.3 is 0 Å². The molecule has 3 nitrogen and oxygen atoms in total. The number of hydrogen-bond acceptors (Lipinski definition) is 3. The Morgan fingerprint density at radius 2 is 1.79 bits per heavy atom. The van der Waals surface area contributed by atoms with E-state index in [4.69, 9.17) is 0 Å². The molecule has 14 heavy (non-hydrogen) atoms. The Morgan fingerprint density at radius 3 is 2.00 bits per heavy atom. The zero-order chi connectivity index (χ0) is 11.2. The smallest absolute Gasteiger partial charge is 0.122 e. The van der Waals surface area contributed by atoms with E-state index < -0.39 is 0 Å². The molecule has 86 valence electrons. The van der Waals surface area contributed by atoms with Crippen molar-refractivity contribution in [2.24, 2.45) is 0 Å². The first-order chi connectivity index (χ1) is 6.61. The SMILES string of the molecule is CCC(C)N(CC)C(C[SiH3])(NC)NC. The number of nitrogens with one attached hydrogen (secondary N) is 2. The van der Waals surface area contributed by atoms with Crippen molar-refractivity contribution in [1.29, 1.82) is 0 Å². The Bertz CT molecular complexity index is 140. The molecule has 0 saturated carbocycles. The molecule has 1 atom stereocenters. The van der Waals surface area contributed by atoms with E-state index in [-0.39, 0.29) is 5.79 Å². The fourth-order valence-corrected chi connectivity index (χ4v) is 3.26. The molecule has 0 amide bonds. The fourth-order valence-electron chi connectivity index (χ4n) is 2.15. The van der Waals surface area contributed by atoms with Crippen LogP contribution in [0.2, 0.25) is 6.04 Å². The first-order valence-electron chi connectivity index (χ1n) is 5.76. The molecule has 1 unspecified atom stereocenters. The van der Waals surface area contributed by atoms with Gasteiger partial charge in [0.25, 0.3) is 0 Å². The maximum absolute atomic E-state index is 3.43. The Kier molecular flexibility index (Phi) is 6.60. The monoisotopic (exact) mass is 217 g/mol. The fraction of sp³-hybridized carbons (Fsp3) is 1.00.